The Hall–Kier alpha value is -3.80. The Morgan fingerprint density at radius 1 is 0.679 bits per heavy atom. The Balaban J connectivity index is 1.65. The van der Waals surface area contributed by atoms with Crippen LogP contribution in [0.4, 0.5) is 5.69 Å². The van der Waals surface area contributed by atoms with Gasteiger partial charge < -0.3 is 14.2 Å². The number of ether oxygens (including phenoxy) is 3. The number of rotatable bonds is 5. The van der Waals surface area contributed by atoms with Gasteiger partial charge in [-0.25, -0.2) is 4.90 Å². The smallest absolute Gasteiger partial charge is 0.266 e. The molecule has 0 saturated heterocycles. The summed E-state index contributed by atoms with van der Waals surface area (Å²) in [5.74, 6) is 1.43. The highest BCUT2D eigenvalue weighted by Gasteiger charge is 2.37. The van der Waals surface area contributed by atoms with E-state index in [2.05, 4.69) is 0 Å². The molecule has 0 bridgehead atoms. The number of methoxy groups -OCH3 is 2. The number of hydrogen-bond donors (Lipinski definition) is 0. The molecule has 28 heavy (non-hydrogen) atoms. The van der Waals surface area contributed by atoms with Gasteiger partial charge in [-0.3, -0.25) is 9.59 Å². The summed E-state index contributed by atoms with van der Waals surface area (Å²) in [4.78, 5) is 26.8. The Labute approximate surface area is 161 Å². The number of benzene rings is 3. The number of para-hydroxylation sites is 2. The maximum Gasteiger partial charge on any atom is 0.266 e. The molecule has 0 radical (unpaired) electrons. The van der Waals surface area contributed by atoms with Crippen molar-refractivity contribution in [3.8, 4) is 23.0 Å². The minimum absolute atomic E-state index is 0.299. The molecule has 0 atom stereocenters. The lowest BCUT2D eigenvalue weighted by Gasteiger charge is -2.14. The first-order chi connectivity index (χ1) is 13.6. The van der Waals surface area contributed by atoms with Gasteiger partial charge in [0.1, 0.15) is 11.5 Å². The molecule has 1 heterocycles. The lowest BCUT2D eigenvalue weighted by Crippen LogP contribution is -2.29. The molecule has 0 aliphatic carbocycles. The minimum Gasteiger partial charge on any atom is -0.497 e. The molecule has 0 spiro atoms. The van der Waals surface area contributed by atoms with Gasteiger partial charge in [0.25, 0.3) is 11.8 Å². The number of carbonyl (C=O) groups is 2. The molecule has 6 heteroatoms. The van der Waals surface area contributed by atoms with Crippen molar-refractivity contribution in [2.45, 2.75) is 0 Å². The summed E-state index contributed by atoms with van der Waals surface area (Å²) in [6, 6.07) is 18.8. The van der Waals surface area contributed by atoms with Gasteiger partial charge >= 0.3 is 0 Å². The molecule has 1 aliphatic rings. The minimum atomic E-state index is -0.393. The quantitative estimate of drug-likeness (QED) is 0.622. The number of carbonyl (C=O) groups excluding carboxylic acids is 2. The van der Waals surface area contributed by atoms with E-state index in [1.54, 1.807) is 68.8 Å². The van der Waals surface area contributed by atoms with E-state index in [4.69, 9.17) is 14.2 Å². The van der Waals surface area contributed by atoms with Gasteiger partial charge in [-0.1, -0.05) is 12.1 Å². The average Bonchev–Trinajstić information content (AvgIpc) is 2.98. The molecule has 6 nitrogen and oxygen atoms in total. The highest BCUT2D eigenvalue weighted by atomic mass is 16.5. The van der Waals surface area contributed by atoms with Crippen LogP contribution in [0.5, 0.6) is 23.0 Å². The van der Waals surface area contributed by atoms with Gasteiger partial charge in [0, 0.05) is 0 Å². The second kappa shape index (κ2) is 7.08. The third kappa shape index (κ3) is 2.95. The highest BCUT2D eigenvalue weighted by Crippen LogP contribution is 2.35. The van der Waals surface area contributed by atoms with E-state index in [0.717, 1.165) is 4.90 Å². The van der Waals surface area contributed by atoms with Crippen LogP contribution < -0.4 is 19.1 Å². The van der Waals surface area contributed by atoms with E-state index in [1.165, 1.54) is 0 Å². The normalized spacial score (nSPS) is 12.7. The van der Waals surface area contributed by atoms with Crippen molar-refractivity contribution >= 4 is 17.5 Å². The zero-order valence-corrected chi connectivity index (χ0v) is 15.3. The molecular weight excluding hydrogens is 358 g/mol. The lowest BCUT2D eigenvalue weighted by molar-refractivity contribution is 0.0926. The van der Waals surface area contributed by atoms with Crippen LogP contribution in [0, 0.1) is 0 Å². The summed E-state index contributed by atoms with van der Waals surface area (Å²) in [6.45, 7) is 0. The number of anilines is 1. The van der Waals surface area contributed by atoms with Gasteiger partial charge in [-0.15, -0.1) is 0 Å². The summed E-state index contributed by atoms with van der Waals surface area (Å²) in [7, 11) is 3.11. The number of nitrogens with zero attached hydrogens (tertiary/aromatic N) is 1. The van der Waals surface area contributed by atoms with Crippen LogP contribution in [0.25, 0.3) is 0 Å². The van der Waals surface area contributed by atoms with Crippen molar-refractivity contribution in [3.63, 3.8) is 0 Å². The molecule has 1 aliphatic heterocycles. The summed E-state index contributed by atoms with van der Waals surface area (Å²) in [5.41, 5.74) is 1.13. The molecule has 0 aromatic heterocycles. The summed E-state index contributed by atoms with van der Waals surface area (Å²) < 4.78 is 16.3. The largest absolute Gasteiger partial charge is 0.497 e. The van der Waals surface area contributed by atoms with E-state index in [9.17, 15) is 9.59 Å². The van der Waals surface area contributed by atoms with Crippen LogP contribution in [0.1, 0.15) is 20.7 Å². The number of imide groups is 1. The number of hydrogen-bond acceptors (Lipinski definition) is 5. The zero-order valence-electron chi connectivity index (χ0n) is 15.3. The molecule has 140 valence electrons. The van der Waals surface area contributed by atoms with Gasteiger partial charge in [-0.2, -0.15) is 0 Å². The van der Waals surface area contributed by atoms with E-state index in [-0.39, 0.29) is 5.91 Å². The molecule has 3 aromatic rings. The predicted molar refractivity (Wildman–Crippen MR) is 104 cm³/mol. The van der Waals surface area contributed by atoms with Crippen LogP contribution in [-0.4, -0.2) is 26.0 Å². The SMILES string of the molecule is COc1ccc(N2C(=O)c3ccc(Oc4ccccc4OC)cc3C2=O)cc1. The van der Waals surface area contributed by atoms with Crippen molar-refractivity contribution in [2.75, 3.05) is 19.1 Å². The topological polar surface area (TPSA) is 65.1 Å². The standard InChI is InChI=1S/C22H17NO5/c1-26-15-9-7-14(8-10-15)23-21(24)17-12-11-16(13-18(17)22(23)25)28-20-6-4-3-5-19(20)27-2/h3-13H,1-2H3. The first kappa shape index (κ1) is 17.6. The van der Waals surface area contributed by atoms with Crippen LogP contribution in [0.3, 0.4) is 0 Å². The Morgan fingerprint density at radius 2 is 1.32 bits per heavy atom. The summed E-state index contributed by atoms with van der Waals surface area (Å²) >= 11 is 0. The molecule has 4 rings (SSSR count). The van der Waals surface area contributed by atoms with E-state index in [1.807, 2.05) is 12.1 Å². The summed E-state index contributed by atoms with van der Waals surface area (Å²) in [6.07, 6.45) is 0. The highest BCUT2D eigenvalue weighted by molar-refractivity contribution is 6.34. The van der Waals surface area contributed by atoms with Crippen LogP contribution in [-0.2, 0) is 0 Å². The first-order valence-electron chi connectivity index (χ1n) is 8.60. The van der Waals surface area contributed by atoms with Gasteiger partial charge in [0.2, 0.25) is 0 Å². The van der Waals surface area contributed by atoms with E-state index < -0.39 is 5.91 Å². The number of fused-ring (bicyclic) bond motifs is 1. The second-order valence-corrected chi connectivity index (χ2v) is 6.10. The first-order valence-corrected chi connectivity index (χ1v) is 8.60. The van der Waals surface area contributed by atoms with Crippen LogP contribution in [0.2, 0.25) is 0 Å². The Kier molecular flexibility index (Phi) is 4.45. The predicted octanol–water partition coefficient (Wildman–Crippen LogP) is 4.30. The third-order valence-electron chi connectivity index (χ3n) is 4.49. The van der Waals surface area contributed by atoms with E-state index in [0.29, 0.717) is 39.8 Å². The molecule has 0 N–H and O–H groups in total. The van der Waals surface area contributed by atoms with Gasteiger partial charge in [0.05, 0.1) is 31.0 Å². The van der Waals surface area contributed by atoms with Crippen LogP contribution in [0.15, 0.2) is 66.7 Å². The Morgan fingerprint density at radius 3 is 2.00 bits per heavy atom. The van der Waals surface area contributed by atoms with Gasteiger partial charge in [0.15, 0.2) is 11.5 Å². The third-order valence-corrected chi connectivity index (χ3v) is 4.49. The summed E-state index contributed by atoms with van der Waals surface area (Å²) in [5, 5.41) is 0. The van der Waals surface area contributed by atoms with Crippen molar-refractivity contribution < 1.29 is 23.8 Å². The van der Waals surface area contributed by atoms with Crippen molar-refractivity contribution in [1.29, 1.82) is 0 Å². The lowest BCUT2D eigenvalue weighted by atomic mass is 10.1. The van der Waals surface area contributed by atoms with Crippen molar-refractivity contribution in [1.82, 2.24) is 0 Å². The molecule has 0 unspecified atom stereocenters. The number of amides is 2. The fraction of sp³-hybridized carbons (Fsp3) is 0.0909. The van der Waals surface area contributed by atoms with Gasteiger partial charge in [-0.05, 0) is 54.6 Å². The fourth-order valence-electron chi connectivity index (χ4n) is 3.08. The molecule has 0 fully saturated rings. The zero-order chi connectivity index (χ0) is 19.7. The average molecular weight is 375 g/mol. The van der Waals surface area contributed by atoms with E-state index >= 15 is 0 Å². The molecule has 0 saturated carbocycles. The molecule has 2 amide bonds. The Bertz CT molecular complexity index is 1060. The molecular formula is C22H17NO5. The monoisotopic (exact) mass is 375 g/mol. The van der Waals surface area contributed by atoms with Crippen molar-refractivity contribution in [2.24, 2.45) is 0 Å². The van der Waals surface area contributed by atoms with Crippen molar-refractivity contribution in [3.05, 3.63) is 77.9 Å². The van der Waals surface area contributed by atoms with Crippen LogP contribution >= 0.6 is 0 Å². The maximum absolute atomic E-state index is 12.9. The maximum atomic E-state index is 12.9. The molecule has 3 aromatic carbocycles. The second-order valence-electron chi connectivity index (χ2n) is 6.10. The fourth-order valence-corrected chi connectivity index (χ4v) is 3.08.